The van der Waals surface area contributed by atoms with Gasteiger partial charge in [-0.1, -0.05) is 36.4 Å². The third-order valence-electron chi connectivity index (χ3n) is 3.07. The predicted octanol–water partition coefficient (Wildman–Crippen LogP) is 4.06. The molecule has 0 spiro atoms. The number of aromatic nitrogens is 1. The maximum absolute atomic E-state index is 12.1. The molecule has 0 aliphatic rings. The molecule has 3 rings (SSSR count). The second-order valence-corrected chi connectivity index (χ2v) is 4.38. The van der Waals surface area contributed by atoms with Crippen molar-refractivity contribution in [3.63, 3.8) is 0 Å². The minimum atomic E-state index is 0.0142. The predicted molar refractivity (Wildman–Crippen MR) is 78.1 cm³/mol. The Hall–Kier alpha value is -2.61. The second-order valence-electron chi connectivity index (χ2n) is 4.38. The van der Waals surface area contributed by atoms with E-state index in [1.807, 2.05) is 60.8 Å². The fourth-order valence-electron chi connectivity index (χ4n) is 2.05. The molecule has 0 saturated heterocycles. The lowest BCUT2D eigenvalue weighted by molar-refractivity contribution is 0.104. The van der Waals surface area contributed by atoms with Gasteiger partial charge in [0, 0.05) is 17.5 Å². The molecule has 0 aliphatic carbocycles. The molecule has 0 fully saturated rings. The monoisotopic (exact) mass is 247 g/mol. The third-order valence-corrected chi connectivity index (χ3v) is 3.07. The average molecular weight is 247 g/mol. The Kier molecular flexibility index (Phi) is 2.99. The third kappa shape index (κ3) is 2.47. The Morgan fingerprint density at radius 3 is 2.58 bits per heavy atom. The molecule has 2 nitrogen and oxygen atoms in total. The number of carbonyl (C=O) groups is 1. The first-order valence-corrected chi connectivity index (χ1v) is 6.17. The van der Waals surface area contributed by atoms with Crippen molar-refractivity contribution < 1.29 is 4.79 Å². The molecule has 1 N–H and O–H groups in total. The first kappa shape index (κ1) is 11.5. The standard InChI is InChI=1S/C17H13NO/c19-17(10-9-16-6-3-11-18-16)15-8-7-13-4-1-2-5-14(13)12-15/h1-12,18H/b10-9+. The normalized spacial score (nSPS) is 11.2. The maximum Gasteiger partial charge on any atom is 0.185 e. The summed E-state index contributed by atoms with van der Waals surface area (Å²) < 4.78 is 0. The van der Waals surface area contributed by atoms with E-state index in [0.717, 1.165) is 16.5 Å². The first-order valence-electron chi connectivity index (χ1n) is 6.17. The highest BCUT2D eigenvalue weighted by atomic mass is 16.1. The number of benzene rings is 2. The number of rotatable bonds is 3. The van der Waals surface area contributed by atoms with E-state index >= 15 is 0 Å². The summed E-state index contributed by atoms with van der Waals surface area (Å²) in [5, 5.41) is 2.23. The lowest BCUT2D eigenvalue weighted by Crippen LogP contribution is -1.93. The molecule has 0 atom stereocenters. The highest BCUT2D eigenvalue weighted by Gasteiger charge is 2.02. The van der Waals surface area contributed by atoms with Crippen LogP contribution in [0.25, 0.3) is 16.8 Å². The number of hydrogen-bond donors (Lipinski definition) is 1. The first-order chi connectivity index (χ1) is 9.33. The summed E-state index contributed by atoms with van der Waals surface area (Å²) in [5.41, 5.74) is 1.63. The second kappa shape index (κ2) is 4.94. The van der Waals surface area contributed by atoms with Gasteiger partial charge >= 0.3 is 0 Å². The Bertz CT molecular complexity index is 739. The summed E-state index contributed by atoms with van der Waals surface area (Å²) in [7, 11) is 0. The Morgan fingerprint density at radius 1 is 0.947 bits per heavy atom. The average Bonchev–Trinajstić information content (AvgIpc) is 2.97. The van der Waals surface area contributed by atoms with Gasteiger partial charge in [-0.05, 0) is 41.1 Å². The van der Waals surface area contributed by atoms with Gasteiger partial charge in [-0.2, -0.15) is 0 Å². The number of aromatic amines is 1. The van der Waals surface area contributed by atoms with Crippen LogP contribution in [0.1, 0.15) is 16.1 Å². The molecule has 1 aromatic heterocycles. The summed E-state index contributed by atoms with van der Waals surface area (Å²) in [6.45, 7) is 0. The zero-order chi connectivity index (χ0) is 13.1. The van der Waals surface area contributed by atoms with Crippen molar-refractivity contribution in [2.24, 2.45) is 0 Å². The van der Waals surface area contributed by atoms with Gasteiger partial charge in [-0.25, -0.2) is 0 Å². The fourth-order valence-corrected chi connectivity index (χ4v) is 2.05. The van der Waals surface area contributed by atoms with Crippen LogP contribution >= 0.6 is 0 Å². The van der Waals surface area contributed by atoms with E-state index < -0.39 is 0 Å². The van der Waals surface area contributed by atoms with E-state index in [1.165, 1.54) is 0 Å². The Morgan fingerprint density at radius 2 is 1.79 bits per heavy atom. The molecule has 1 heterocycles. The van der Waals surface area contributed by atoms with Crippen molar-refractivity contribution in [1.29, 1.82) is 0 Å². The van der Waals surface area contributed by atoms with Crippen LogP contribution < -0.4 is 0 Å². The highest BCUT2D eigenvalue weighted by Crippen LogP contribution is 2.16. The van der Waals surface area contributed by atoms with Gasteiger partial charge < -0.3 is 4.98 Å². The Balaban J connectivity index is 1.89. The van der Waals surface area contributed by atoms with E-state index in [2.05, 4.69) is 4.98 Å². The van der Waals surface area contributed by atoms with Crippen molar-refractivity contribution in [3.8, 4) is 0 Å². The lowest BCUT2D eigenvalue weighted by atomic mass is 10.0. The van der Waals surface area contributed by atoms with Gasteiger partial charge in [-0.3, -0.25) is 4.79 Å². The van der Waals surface area contributed by atoms with Crippen LogP contribution in [0.2, 0.25) is 0 Å². The molecule has 0 unspecified atom stereocenters. The molecule has 0 amide bonds. The SMILES string of the molecule is O=C(/C=C/c1ccc[nH]1)c1ccc2ccccc2c1. The molecule has 2 aromatic carbocycles. The molecule has 0 aliphatic heterocycles. The molecule has 3 aromatic rings. The van der Waals surface area contributed by atoms with Gasteiger partial charge in [0.1, 0.15) is 0 Å². The molecular weight excluding hydrogens is 234 g/mol. The number of nitrogens with one attached hydrogen (secondary N) is 1. The van der Waals surface area contributed by atoms with E-state index in [-0.39, 0.29) is 5.78 Å². The summed E-state index contributed by atoms with van der Waals surface area (Å²) in [4.78, 5) is 15.1. The van der Waals surface area contributed by atoms with Crippen molar-refractivity contribution >= 4 is 22.6 Å². The largest absolute Gasteiger partial charge is 0.362 e. The highest BCUT2D eigenvalue weighted by molar-refractivity contribution is 6.08. The van der Waals surface area contributed by atoms with Crippen molar-refractivity contribution in [3.05, 3.63) is 78.1 Å². The Labute approximate surface area is 111 Å². The number of carbonyl (C=O) groups excluding carboxylic acids is 1. The molecule has 2 heteroatoms. The van der Waals surface area contributed by atoms with Gasteiger partial charge in [0.2, 0.25) is 0 Å². The molecule has 92 valence electrons. The van der Waals surface area contributed by atoms with E-state index in [1.54, 1.807) is 12.2 Å². The molecule has 19 heavy (non-hydrogen) atoms. The van der Waals surface area contributed by atoms with E-state index in [4.69, 9.17) is 0 Å². The molecule has 0 bridgehead atoms. The molecule has 0 radical (unpaired) electrons. The number of fused-ring (bicyclic) bond motifs is 1. The minimum Gasteiger partial charge on any atom is -0.362 e. The van der Waals surface area contributed by atoms with Crippen molar-refractivity contribution in [2.45, 2.75) is 0 Å². The van der Waals surface area contributed by atoms with E-state index in [9.17, 15) is 4.79 Å². The van der Waals surface area contributed by atoms with Gasteiger partial charge in [-0.15, -0.1) is 0 Å². The topological polar surface area (TPSA) is 32.9 Å². The number of ketones is 1. The number of allylic oxidation sites excluding steroid dienone is 1. The quantitative estimate of drug-likeness (QED) is 0.549. The molecular formula is C17H13NO. The van der Waals surface area contributed by atoms with Crippen molar-refractivity contribution in [2.75, 3.05) is 0 Å². The zero-order valence-corrected chi connectivity index (χ0v) is 10.3. The fraction of sp³-hybridized carbons (Fsp3) is 0. The smallest absolute Gasteiger partial charge is 0.185 e. The van der Waals surface area contributed by atoms with Crippen LogP contribution in [0, 0.1) is 0 Å². The van der Waals surface area contributed by atoms with Gasteiger partial charge in [0.25, 0.3) is 0 Å². The summed E-state index contributed by atoms with van der Waals surface area (Å²) in [6.07, 6.45) is 5.22. The lowest BCUT2D eigenvalue weighted by Gasteiger charge is -2.00. The van der Waals surface area contributed by atoms with Crippen LogP contribution in [0.5, 0.6) is 0 Å². The van der Waals surface area contributed by atoms with Gasteiger partial charge in [0.05, 0.1) is 0 Å². The summed E-state index contributed by atoms with van der Waals surface area (Å²) >= 11 is 0. The minimum absolute atomic E-state index is 0.0142. The van der Waals surface area contributed by atoms with E-state index in [0.29, 0.717) is 5.56 Å². The number of hydrogen-bond acceptors (Lipinski definition) is 1. The maximum atomic E-state index is 12.1. The zero-order valence-electron chi connectivity index (χ0n) is 10.3. The van der Waals surface area contributed by atoms with Crippen molar-refractivity contribution in [1.82, 2.24) is 4.98 Å². The number of H-pyrrole nitrogens is 1. The van der Waals surface area contributed by atoms with Crippen LogP contribution in [0.15, 0.2) is 66.9 Å². The summed E-state index contributed by atoms with van der Waals surface area (Å²) in [6, 6.07) is 17.6. The molecule has 0 saturated carbocycles. The van der Waals surface area contributed by atoms with Gasteiger partial charge in [0.15, 0.2) is 5.78 Å². The van der Waals surface area contributed by atoms with Crippen LogP contribution in [0.3, 0.4) is 0 Å². The van der Waals surface area contributed by atoms with Crippen LogP contribution in [0.4, 0.5) is 0 Å². The van der Waals surface area contributed by atoms with Crippen LogP contribution in [-0.2, 0) is 0 Å². The van der Waals surface area contributed by atoms with Crippen LogP contribution in [-0.4, -0.2) is 10.8 Å². The summed E-state index contributed by atoms with van der Waals surface area (Å²) in [5.74, 6) is 0.0142.